The molecule has 246 valence electrons. The van der Waals surface area contributed by atoms with Gasteiger partial charge in [0.1, 0.15) is 0 Å². The predicted molar refractivity (Wildman–Crippen MR) is 184 cm³/mol. The summed E-state index contributed by atoms with van der Waals surface area (Å²) in [4.78, 5) is 13.1. The van der Waals surface area contributed by atoms with Crippen LogP contribution in [0, 0.1) is 5.92 Å². The Kier molecular flexibility index (Phi) is 30.4. The number of amides is 1. The Morgan fingerprint density at radius 3 is 0.927 bits per heavy atom. The molecule has 1 unspecified atom stereocenters. The summed E-state index contributed by atoms with van der Waals surface area (Å²) in [6.07, 6.45) is 41.1. The highest BCUT2D eigenvalue weighted by Gasteiger charge is 2.24. The number of hydrogen-bond donors (Lipinski definition) is 1. The topological polar surface area (TPSA) is 29.1 Å². The van der Waals surface area contributed by atoms with Crippen LogP contribution in [0.25, 0.3) is 0 Å². The lowest BCUT2D eigenvalue weighted by atomic mass is 9.93. The van der Waals surface area contributed by atoms with E-state index in [1.54, 1.807) is 0 Å². The van der Waals surface area contributed by atoms with E-state index in [2.05, 4.69) is 40.3 Å². The van der Waals surface area contributed by atoms with Crippen LogP contribution in [0.2, 0.25) is 0 Å². The molecule has 0 aliphatic rings. The van der Waals surface area contributed by atoms with Crippen LogP contribution in [0.3, 0.4) is 0 Å². The first kappa shape index (κ1) is 40.4. The van der Waals surface area contributed by atoms with Gasteiger partial charge in [0.25, 0.3) is 5.91 Å². The largest absolute Gasteiger partial charge is 0.270 e. The Morgan fingerprint density at radius 1 is 0.439 bits per heavy atom. The monoisotopic (exact) mass is 580 g/mol. The van der Waals surface area contributed by atoms with Gasteiger partial charge in [-0.3, -0.25) is 4.79 Å². The molecule has 1 N–H and O–H groups in total. The standard InChI is InChI=1S/C38H78N2O/c1-6-9-11-13-15-17-19-21-22-23-24-26-28-30-32-34-36-37(38(41)39-40(4,5)8-3)35-33-31-29-27-25-20-18-16-14-12-10-7-2/h37H,6-36H2,1-5H3/p+1. The summed E-state index contributed by atoms with van der Waals surface area (Å²) in [7, 11) is 4.21. The number of nitrogens with one attached hydrogen (secondary N) is 1. The van der Waals surface area contributed by atoms with E-state index in [0.717, 1.165) is 19.4 Å². The fourth-order valence-electron chi connectivity index (χ4n) is 6.05. The molecule has 0 aliphatic heterocycles. The molecule has 1 amide bonds. The zero-order valence-corrected chi connectivity index (χ0v) is 29.4. The Labute approximate surface area is 260 Å². The van der Waals surface area contributed by atoms with Crippen molar-refractivity contribution in [1.82, 2.24) is 5.43 Å². The van der Waals surface area contributed by atoms with Gasteiger partial charge in [0.15, 0.2) is 0 Å². The first-order chi connectivity index (χ1) is 20.0. The van der Waals surface area contributed by atoms with E-state index < -0.39 is 0 Å². The minimum Gasteiger partial charge on any atom is -0.270 e. The summed E-state index contributed by atoms with van der Waals surface area (Å²) in [5.41, 5.74) is 3.30. The maximum Gasteiger partial charge on any atom is 0.268 e. The Morgan fingerprint density at radius 2 is 0.683 bits per heavy atom. The molecule has 0 spiro atoms. The average molecular weight is 580 g/mol. The lowest BCUT2D eigenvalue weighted by Crippen LogP contribution is -2.55. The van der Waals surface area contributed by atoms with Crippen molar-refractivity contribution in [2.75, 3.05) is 20.6 Å². The maximum absolute atomic E-state index is 13.1. The SMILES string of the molecule is CCCCCCCCCCCCCCCCCCC(CCCCCCCCCCCCCC)C(=O)N[N+](C)(C)CC. The van der Waals surface area contributed by atoms with Crippen molar-refractivity contribution in [2.45, 2.75) is 213 Å². The van der Waals surface area contributed by atoms with Gasteiger partial charge in [-0.1, -0.05) is 194 Å². The van der Waals surface area contributed by atoms with Crippen molar-refractivity contribution in [3.05, 3.63) is 0 Å². The van der Waals surface area contributed by atoms with E-state index in [9.17, 15) is 4.79 Å². The molecule has 0 saturated carbocycles. The number of carbonyl (C=O) groups is 1. The van der Waals surface area contributed by atoms with Crippen molar-refractivity contribution in [3.8, 4) is 0 Å². The smallest absolute Gasteiger partial charge is 0.268 e. The molecule has 0 aromatic carbocycles. The number of quaternary nitrogens is 1. The third kappa shape index (κ3) is 29.3. The Balaban J connectivity index is 3.90. The van der Waals surface area contributed by atoms with Crippen molar-refractivity contribution in [3.63, 3.8) is 0 Å². The van der Waals surface area contributed by atoms with Crippen molar-refractivity contribution in [2.24, 2.45) is 5.92 Å². The Bertz CT molecular complexity index is 532. The second-order valence-electron chi connectivity index (χ2n) is 13.9. The van der Waals surface area contributed by atoms with Gasteiger partial charge in [0.2, 0.25) is 0 Å². The highest BCUT2D eigenvalue weighted by Crippen LogP contribution is 2.21. The van der Waals surface area contributed by atoms with Crippen molar-refractivity contribution < 1.29 is 9.39 Å². The van der Waals surface area contributed by atoms with Crippen molar-refractivity contribution >= 4 is 5.91 Å². The number of unbranched alkanes of at least 4 members (excludes halogenated alkanes) is 26. The van der Waals surface area contributed by atoms with E-state index in [-0.39, 0.29) is 5.92 Å². The summed E-state index contributed by atoms with van der Waals surface area (Å²) in [6.45, 7) is 7.67. The van der Waals surface area contributed by atoms with Crippen LogP contribution in [0.4, 0.5) is 0 Å². The number of nitrogens with zero attached hydrogens (tertiary/aromatic N) is 1. The summed E-state index contributed by atoms with van der Waals surface area (Å²) in [5.74, 6) is 0.495. The third-order valence-electron chi connectivity index (χ3n) is 9.39. The lowest BCUT2D eigenvalue weighted by molar-refractivity contribution is -0.923. The number of carbonyl (C=O) groups excluding carboxylic acids is 1. The molecular weight excluding hydrogens is 500 g/mol. The van der Waals surface area contributed by atoms with Gasteiger partial charge in [-0.15, -0.1) is 0 Å². The van der Waals surface area contributed by atoms with Gasteiger partial charge in [-0.25, -0.2) is 10.0 Å². The first-order valence-corrected chi connectivity index (χ1v) is 19.1. The van der Waals surface area contributed by atoms with Crippen LogP contribution < -0.4 is 5.43 Å². The zero-order chi connectivity index (χ0) is 30.3. The van der Waals surface area contributed by atoms with Gasteiger partial charge >= 0.3 is 0 Å². The van der Waals surface area contributed by atoms with Gasteiger partial charge in [-0.05, 0) is 19.8 Å². The quantitative estimate of drug-likeness (QED) is 0.0467. The van der Waals surface area contributed by atoms with E-state index in [1.165, 1.54) is 180 Å². The summed E-state index contributed by atoms with van der Waals surface area (Å²) < 4.78 is 0.590. The van der Waals surface area contributed by atoms with Crippen LogP contribution in [0.15, 0.2) is 0 Å². The second-order valence-corrected chi connectivity index (χ2v) is 13.9. The summed E-state index contributed by atoms with van der Waals surface area (Å²) >= 11 is 0. The third-order valence-corrected chi connectivity index (χ3v) is 9.39. The van der Waals surface area contributed by atoms with Crippen molar-refractivity contribution in [1.29, 1.82) is 0 Å². The zero-order valence-electron chi connectivity index (χ0n) is 29.4. The van der Waals surface area contributed by atoms with Crippen LogP contribution >= 0.6 is 0 Å². The van der Waals surface area contributed by atoms with Crippen LogP contribution in [0.1, 0.15) is 213 Å². The average Bonchev–Trinajstić information content (AvgIpc) is 2.96. The molecule has 0 aliphatic carbocycles. The first-order valence-electron chi connectivity index (χ1n) is 19.1. The molecule has 0 heterocycles. The van der Waals surface area contributed by atoms with Gasteiger partial charge in [-0.2, -0.15) is 0 Å². The molecular formula is C38H79N2O+. The molecule has 0 fully saturated rings. The fraction of sp³-hybridized carbons (Fsp3) is 0.974. The minimum atomic E-state index is 0.203. The number of rotatable bonds is 33. The van der Waals surface area contributed by atoms with Crippen LogP contribution in [-0.2, 0) is 4.79 Å². The molecule has 41 heavy (non-hydrogen) atoms. The molecule has 0 rings (SSSR count). The molecule has 3 nitrogen and oxygen atoms in total. The summed E-state index contributed by atoms with van der Waals surface area (Å²) in [6, 6.07) is 0. The molecule has 0 aromatic heterocycles. The highest BCUT2D eigenvalue weighted by atomic mass is 16.2. The fourth-order valence-corrected chi connectivity index (χ4v) is 6.05. The van der Waals surface area contributed by atoms with E-state index in [4.69, 9.17) is 0 Å². The van der Waals surface area contributed by atoms with E-state index in [1.807, 2.05) is 0 Å². The normalized spacial score (nSPS) is 12.6. The molecule has 0 radical (unpaired) electrons. The summed E-state index contributed by atoms with van der Waals surface area (Å²) in [5, 5.41) is 0. The minimum absolute atomic E-state index is 0.203. The van der Waals surface area contributed by atoms with Gasteiger partial charge < -0.3 is 0 Å². The Hall–Kier alpha value is -0.570. The van der Waals surface area contributed by atoms with E-state index >= 15 is 0 Å². The van der Waals surface area contributed by atoms with Crippen LogP contribution in [0.5, 0.6) is 0 Å². The lowest BCUT2D eigenvalue weighted by Gasteiger charge is -2.29. The number of hydrogen-bond acceptors (Lipinski definition) is 1. The second kappa shape index (κ2) is 30.9. The van der Waals surface area contributed by atoms with Gasteiger partial charge in [0.05, 0.1) is 20.6 Å². The van der Waals surface area contributed by atoms with E-state index in [0.29, 0.717) is 10.5 Å². The molecule has 0 saturated heterocycles. The van der Waals surface area contributed by atoms with Gasteiger partial charge in [0, 0.05) is 5.92 Å². The molecule has 1 atom stereocenters. The molecule has 3 heteroatoms. The molecule has 0 aromatic rings. The highest BCUT2D eigenvalue weighted by molar-refractivity contribution is 5.77. The molecule has 0 bridgehead atoms. The van der Waals surface area contributed by atoms with Crippen LogP contribution in [-0.4, -0.2) is 31.1 Å². The predicted octanol–water partition coefficient (Wildman–Crippen LogP) is 12.5. The maximum atomic E-state index is 13.1.